The van der Waals surface area contributed by atoms with E-state index < -0.39 is 13.9 Å². The number of ether oxygens (including phenoxy) is 1. The Balaban J connectivity index is 1.99. The van der Waals surface area contributed by atoms with Crippen molar-refractivity contribution in [3.63, 3.8) is 0 Å². The summed E-state index contributed by atoms with van der Waals surface area (Å²) in [6, 6.07) is 33.6. The van der Waals surface area contributed by atoms with Gasteiger partial charge in [-0.3, -0.25) is 0 Å². The molecule has 4 rings (SSSR count). The Hall–Kier alpha value is -5.03. The second-order valence-electron chi connectivity index (χ2n) is 14.0. The zero-order valence-electron chi connectivity index (χ0n) is 30.0. The molecule has 0 radical (unpaired) electrons. The molecule has 7 heteroatoms. The highest BCUT2D eigenvalue weighted by Crippen LogP contribution is 2.42. The largest absolute Gasteiger partial charge is 0.534 e. The van der Waals surface area contributed by atoms with Gasteiger partial charge in [0.25, 0.3) is 0 Å². The first-order valence-corrected chi connectivity index (χ1v) is 19.1. The third-order valence-corrected chi connectivity index (χ3v) is 14.0. The van der Waals surface area contributed by atoms with Crippen LogP contribution >= 0.6 is 0 Å². The first-order valence-electron chi connectivity index (χ1n) is 17.2. The number of anilines is 1. The van der Waals surface area contributed by atoms with E-state index in [1.807, 2.05) is 50.3 Å². The monoisotopic (exact) mass is 668 g/mol. The summed E-state index contributed by atoms with van der Waals surface area (Å²) in [5.41, 5.74) is 1.63. The Kier molecular flexibility index (Phi) is 11.9. The van der Waals surface area contributed by atoms with Crippen LogP contribution in [0.25, 0.3) is 6.08 Å². The van der Waals surface area contributed by atoms with Crippen LogP contribution in [0.1, 0.15) is 79.7 Å². The van der Waals surface area contributed by atoms with Crippen LogP contribution in [0.15, 0.2) is 107 Å². The van der Waals surface area contributed by atoms with E-state index in [9.17, 15) is 15.8 Å². The highest BCUT2D eigenvalue weighted by atomic mass is 28.4. The lowest BCUT2D eigenvalue weighted by Gasteiger charge is -2.43. The first kappa shape index (κ1) is 36.8. The maximum atomic E-state index is 10.2. The van der Waals surface area contributed by atoms with Gasteiger partial charge in [-0.1, -0.05) is 120 Å². The lowest BCUT2D eigenvalue weighted by molar-refractivity contribution is 0.0954. The minimum absolute atomic E-state index is 0.0266. The Morgan fingerprint density at radius 2 is 1.39 bits per heavy atom. The van der Waals surface area contributed by atoms with Crippen LogP contribution < -0.4 is 19.7 Å². The molecule has 1 aliphatic heterocycles. The van der Waals surface area contributed by atoms with E-state index in [1.165, 1.54) is 10.4 Å². The average Bonchev–Trinajstić information content (AvgIpc) is 3.35. The molecule has 3 aromatic carbocycles. The third kappa shape index (κ3) is 7.83. The van der Waals surface area contributed by atoms with Gasteiger partial charge in [-0.2, -0.15) is 15.8 Å². The molecule has 49 heavy (non-hydrogen) atoms. The van der Waals surface area contributed by atoms with Gasteiger partial charge < -0.3 is 14.1 Å². The van der Waals surface area contributed by atoms with E-state index in [-0.39, 0.29) is 21.9 Å². The second kappa shape index (κ2) is 15.9. The molecule has 6 nitrogen and oxygen atoms in total. The van der Waals surface area contributed by atoms with E-state index in [1.54, 1.807) is 0 Å². The van der Waals surface area contributed by atoms with Crippen LogP contribution in [0, 0.1) is 34.0 Å². The molecule has 0 saturated heterocycles. The fraction of sp³-hybridized carbons (Fsp3) is 0.357. The van der Waals surface area contributed by atoms with Crippen molar-refractivity contribution in [1.82, 2.24) is 0 Å². The van der Waals surface area contributed by atoms with Crippen LogP contribution in [-0.4, -0.2) is 27.0 Å². The number of rotatable bonds is 13. The van der Waals surface area contributed by atoms with Crippen molar-refractivity contribution in [2.75, 3.05) is 18.0 Å². The van der Waals surface area contributed by atoms with E-state index in [2.05, 4.69) is 112 Å². The molecule has 0 spiro atoms. The normalized spacial score (nSPS) is 14.2. The summed E-state index contributed by atoms with van der Waals surface area (Å²) in [5.74, 6) is 0.793. The van der Waals surface area contributed by atoms with Crippen molar-refractivity contribution in [1.29, 1.82) is 15.8 Å². The number of hydrogen-bond acceptors (Lipinski definition) is 6. The van der Waals surface area contributed by atoms with Gasteiger partial charge in [0.2, 0.25) is 0 Å². The predicted octanol–water partition coefficient (Wildman–Crippen LogP) is 8.98. The maximum Gasteiger partial charge on any atom is 0.319 e. The fourth-order valence-electron chi connectivity index (χ4n) is 6.48. The minimum atomic E-state index is -3.00. The summed E-state index contributed by atoms with van der Waals surface area (Å²) in [5, 5.41) is 31.4. The van der Waals surface area contributed by atoms with Crippen LogP contribution in [0.2, 0.25) is 5.04 Å². The number of allylic oxidation sites excluding steroid dienone is 2. The Labute approximate surface area is 294 Å². The molecule has 0 amide bonds. The van der Waals surface area contributed by atoms with E-state index >= 15 is 0 Å². The number of hydrogen-bond donors (Lipinski definition) is 0. The molecule has 1 heterocycles. The molecule has 252 valence electrons. The predicted molar refractivity (Wildman–Crippen MR) is 202 cm³/mol. The smallest absolute Gasteiger partial charge is 0.319 e. The quantitative estimate of drug-likeness (QED) is 0.133. The molecule has 0 unspecified atom stereocenters. The number of nitriles is 3. The Morgan fingerprint density at radius 3 is 1.86 bits per heavy atom. The van der Waals surface area contributed by atoms with Crippen molar-refractivity contribution >= 4 is 30.5 Å². The summed E-state index contributed by atoms with van der Waals surface area (Å²) in [4.78, 5) is 2.46. The summed E-state index contributed by atoms with van der Waals surface area (Å²) in [7, 11) is -3.00. The van der Waals surface area contributed by atoms with Crippen molar-refractivity contribution in [3.05, 3.63) is 113 Å². The SMILES string of the molecule is CCCCN(CCCC)c1ccc(/C=C/C2=C(C#N)C(=C(C#N)C#N)OC2(C)C)c(O[Si](c2ccccc2)(c2ccccc2)C(C)(C)C)c1. The second-order valence-corrected chi connectivity index (χ2v) is 18.2. The highest BCUT2D eigenvalue weighted by molar-refractivity contribution is 7.00. The van der Waals surface area contributed by atoms with Gasteiger partial charge in [0.05, 0.1) is 0 Å². The van der Waals surface area contributed by atoms with Crippen LogP contribution in [-0.2, 0) is 4.74 Å². The molecule has 0 saturated carbocycles. The van der Waals surface area contributed by atoms with Gasteiger partial charge in [0.15, 0.2) is 11.3 Å². The molecule has 0 atom stereocenters. The summed E-state index contributed by atoms with van der Waals surface area (Å²) >= 11 is 0. The average molecular weight is 669 g/mol. The summed E-state index contributed by atoms with van der Waals surface area (Å²) < 4.78 is 13.7. The fourth-order valence-corrected chi connectivity index (χ4v) is 10.9. The van der Waals surface area contributed by atoms with Gasteiger partial charge in [-0.15, -0.1) is 0 Å². The maximum absolute atomic E-state index is 10.2. The minimum Gasteiger partial charge on any atom is -0.534 e. The molecule has 0 N–H and O–H groups in total. The number of unbranched alkanes of at least 4 members (excludes halogenated alkanes) is 2. The topological polar surface area (TPSA) is 93.1 Å². The van der Waals surface area contributed by atoms with Crippen LogP contribution in [0.5, 0.6) is 5.75 Å². The van der Waals surface area contributed by atoms with Gasteiger partial charge in [0, 0.05) is 36.0 Å². The lowest BCUT2D eigenvalue weighted by Crippen LogP contribution is -2.68. The van der Waals surface area contributed by atoms with E-state index in [0.29, 0.717) is 5.57 Å². The Bertz CT molecular complexity index is 1770. The van der Waals surface area contributed by atoms with E-state index in [0.717, 1.165) is 55.8 Å². The molecule has 1 aliphatic rings. The third-order valence-electron chi connectivity index (χ3n) is 9.10. The zero-order valence-corrected chi connectivity index (χ0v) is 31.0. The number of nitrogens with zero attached hydrogens (tertiary/aromatic N) is 4. The molecule has 0 aromatic heterocycles. The van der Waals surface area contributed by atoms with Crippen LogP contribution in [0.3, 0.4) is 0 Å². The number of benzene rings is 3. The Morgan fingerprint density at radius 1 is 0.837 bits per heavy atom. The standard InChI is InChI=1S/C42H48N4O2Si/c1-8-10-26-46(27-11-9-2)34-24-22-32(23-25-38-37(31-45)40(33(29-43)30-44)47-42(38,6)7)39(28-34)48-49(41(3,4)5,35-18-14-12-15-19-35)36-20-16-13-17-21-36/h12-25,28H,8-11,26-27H2,1-7H3/b25-23+. The van der Waals surface area contributed by atoms with Gasteiger partial charge in [-0.05, 0) is 54.2 Å². The molecule has 3 aromatic rings. The van der Waals surface area contributed by atoms with Crippen LogP contribution in [0.4, 0.5) is 5.69 Å². The molecule has 0 fully saturated rings. The van der Waals surface area contributed by atoms with E-state index in [4.69, 9.17) is 9.16 Å². The molecular weight excluding hydrogens is 621 g/mol. The summed E-state index contributed by atoms with van der Waals surface area (Å²) in [6.07, 6.45) is 8.26. The zero-order chi connectivity index (χ0) is 35.7. The van der Waals surface area contributed by atoms with Gasteiger partial charge in [-0.25, -0.2) is 0 Å². The molecule has 0 aliphatic carbocycles. The molecular formula is C42H48N4O2Si. The molecule has 0 bridgehead atoms. The highest BCUT2D eigenvalue weighted by Gasteiger charge is 2.52. The van der Waals surface area contributed by atoms with Gasteiger partial charge >= 0.3 is 8.32 Å². The lowest BCUT2D eigenvalue weighted by atomic mass is 9.94. The summed E-state index contributed by atoms with van der Waals surface area (Å²) in [6.45, 7) is 16.9. The van der Waals surface area contributed by atoms with Gasteiger partial charge in [0.1, 0.15) is 35.1 Å². The van der Waals surface area contributed by atoms with Crippen molar-refractivity contribution < 1.29 is 9.16 Å². The van der Waals surface area contributed by atoms with Crippen molar-refractivity contribution in [2.24, 2.45) is 0 Å². The first-order chi connectivity index (χ1) is 23.5. The van der Waals surface area contributed by atoms with Crippen molar-refractivity contribution in [2.45, 2.75) is 84.8 Å². The van der Waals surface area contributed by atoms with Crippen molar-refractivity contribution in [3.8, 4) is 24.0 Å².